The molecule has 0 atom stereocenters. The number of hydrogen-bond acceptors (Lipinski definition) is 5. The highest BCUT2D eigenvalue weighted by molar-refractivity contribution is 7.90. The van der Waals surface area contributed by atoms with Gasteiger partial charge in [-0.1, -0.05) is 0 Å². The molecule has 0 unspecified atom stereocenters. The first-order chi connectivity index (χ1) is 9.34. The number of nitro groups is 1. The Hall–Kier alpha value is -2.66. The summed E-state index contributed by atoms with van der Waals surface area (Å²) in [6.45, 7) is 0. The van der Waals surface area contributed by atoms with Crippen molar-refractivity contribution >= 4 is 15.5 Å². The van der Waals surface area contributed by atoms with Gasteiger partial charge >= 0.3 is 0 Å². The molecule has 0 aliphatic rings. The predicted octanol–water partition coefficient (Wildman–Crippen LogP) is 1.66. The van der Waals surface area contributed by atoms with E-state index in [1.165, 1.54) is 29.0 Å². The Morgan fingerprint density at radius 3 is 2.60 bits per heavy atom. The van der Waals surface area contributed by atoms with Gasteiger partial charge in [0, 0.05) is 18.5 Å². The molecule has 0 aliphatic carbocycles. The first kappa shape index (κ1) is 13.8. The zero-order valence-corrected chi connectivity index (χ0v) is 11.2. The van der Waals surface area contributed by atoms with Crippen molar-refractivity contribution in [1.82, 2.24) is 4.57 Å². The van der Waals surface area contributed by atoms with E-state index in [-0.39, 0.29) is 22.0 Å². The first-order valence-electron chi connectivity index (χ1n) is 5.41. The molecule has 20 heavy (non-hydrogen) atoms. The van der Waals surface area contributed by atoms with E-state index >= 15 is 0 Å². The van der Waals surface area contributed by atoms with Crippen molar-refractivity contribution in [2.45, 2.75) is 4.90 Å². The van der Waals surface area contributed by atoms with E-state index in [9.17, 15) is 18.5 Å². The summed E-state index contributed by atoms with van der Waals surface area (Å²) >= 11 is 0. The van der Waals surface area contributed by atoms with Crippen LogP contribution in [0.15, 0.2) is 41.4 Å². The molecule has 1 heterocycles. The van der Waals surface area contributed by atoms with Gasteiger partial charge in [-0.2, -0.15) is 5.26 Å². The molecule has 0 amide bonds. The summed E-state index contributed by atoms with van der Waals surface area (Å²) in [5.41, 5.74) is -0.00946. The second-order valence-corrected chi connectivity index (χ2v) is 6.07. The Balaban J connectivity index is 2.73. The molecule has 2 aromatic rings. The highest BCUT2D eigenvalue weighted by Gasteiger charge is 2.20. The lowest BCUT2D eigenvalue weighted by atomic mass is 10.2. The third-order valence-corrected chi connectivity index (χ3v) is 3.80. The summed E-state index contributed by atoms with van der Waals surface area (Å²) in [4.78, 5) is 10.3. The fourth-order valence-corrected chi connectivity index (χ4v) is 2.41. The lowest BCUT2D eigenvalue weighted by Gasteiger charge is -2.07. The summed E-state index contributed by atoms with van der Waals surface area (Å²) in [5.74, 6) is 0. The van der Waals surface area contributed by atoms with Gasteiger partial charge in [0.25, 0.3) is 5.69 Å². The largest absolute Gasteiger partial charge is 0.302 e. The van der Waals surface area contributed by atoms with E-state index < -0.39 is 14.8 Å². The fraction of sp³-hybridized carbons (Fsp3) is 0.0833. The summed E-state index contributed by atoms with van der Waals surface area (Å²) in [6, 6.07) is 8.57. The van der Waals surface area contributed by atoms with Crippen molar-refractivity contribution in [2.24, 2.45) is 0 Å². The average Bonchev–Trinajstić information content (AvgIpc) is 2.84. The van der Waals surface area contributed by atoms with Crippen LogP contribution in [0.2, 0.25) is 0 Å². The number of benzene rings is 1. The second kappa shape index (κ2) is 4.79. The number of nitrogens with zero attached hydrogens (tertiary/aromatic N) is 3. The molecule has 0 aliphatic heterocycles. The average molecular weight is 291 g/mol. The summed E-state index contributed by atoms with van der Waals surface area (Å²) in [5, 5.41) is 20.1. The summed E-state index contributed by atoms with van der Waals surface area (Å²) < 4.78 is 24.2. The van der Waals surface area contributed by atoms with Gasteiger partial charge in [-0.3, -0.25) is 10.1 Å². The summed E-state index contributed by atoms with van der Waals surface area (Å²) in [7, 11) is -3.54. The number of sulfone groups is 1. The van der Waals surface area contributed by atoms with E-state index in [2.05, 4.69) is 0 Å². The number of nitro benzene ring substituents is 1. The van der Waals surface area contributed by atoms with Crippen LogP contribution >= 0.6 is 0 Å². The van der Waals surface area contributed by atoms with Crippen LogP contribution in [0.1, 0.15) is 5.69 Å². The van der Waals surface area contributed by atoms with Gasteiger partial charge in [0.2, 0.25) is 0 Å². The van der Waals surface area contributed by atoms with Gasteiger partial charge in [0.15, 0.2) is 9.84 Å². The fourth-order valence-electron chi connectivity index (χ4n) is 1.77. The first-order valence-corrected chi connectivity index (χ1v) is 7.30. The van der Waals surface area contributed by atoms with Gasteiger partial charge in [0.05, 0.1) is 9.82 Å². The molecule has 0 spiro atoms. The smallest absolute Gasteiger partial charge is 0.294 e. The van der Waals surface area contributed by atoms with Crippen molar-refractivity contribution in [3.8, 4) is 11.8 Å². The Labute approximate surface area is 114 Å². The molecule has 1 aromatic heterocycles. The number of rotatable bonds is 3. The minimum atomic E-state index is -3.54. The lowest BCUT2D eigenvalue weighted by Crippen LogP contribution is -2.04. The lowest BCUT2D eigenvalue weighted by molar-refractivity contribution is -0.384. The van der Waals surface area contributed by atoms with Crippen molar-refractivity contribution in [3.05, 3.63) is 52.3 Å². The zero-order chi connectivity index (χ0) is 14.9. The molecule has 0 saturated heterocycles. The SMILES string of the molecule is CS(=O)(=O)c1ccc(-n2cccc2C#N)c([N+](=O)[O-])c1. The molecule has 7 nitrogen and oxygen atoms in total. The predicted molar refractivity (Wildman–Crippen MR) is 70.2 cm³/mol. The molecule has 0 fully saturated rings. The van der Waals surface area contributed by atoms with Crippen molar-refractivity contribution in [1.29, 1.82) is 5.26 Å². The van der Waals surface area contributed by atoms with Crippen LogP contribution in [0.5, 0.6) is 0 Å². The highest BCUT2D eigenvalue weighted by Crippen LogP contribution is 2.27. The monoisotopic (exact) mass is 291 g/mol. The maximum absolute atomic E-state index is 11.4. The molecular weight excluding hydrogens is 282 g/mol. The van der Waals surface area contributed by atoms with E-state index in [0.29, 0.717) is 0 Å². The Morgan fingerprint density at radius 2 is 2.05 bits per heavy atom. The molecule has 0 N–H and O–H groups in total. The molecule has 0 radical (unpaired) electrons. The molecule has 0 bridgehead atoms. The highest BCUT2D eigenvalue weighted by atomic mass is 32.2. The van der Waals surface area contributed by atoms with Gasteiger partial charge in [-0.05, 0) is 24.3 Å². The molecule has 8 heteroatoms. The standard InChI is InChI=1S/C12H9N3O4S/c1-20(18,19)10-4-5-11(12(7-10)15(16)17)14-6-2-3-9(14)8-13/h2-7H,1H3. The maximum atomic E-state index is 11.4. The van der Waals surface area contributed by atoms with Crippen LogP contribution in [0.25, 0.3) is 5.69 Å². The normalized spacial score (nSPS) is 11.0. The van der Waals surface area contributed by atoms with Crippen LogP contribution in [-0.2, 0) is 9.84 Å². The zero-order valence-electron chi connectivity index (χ0n) is 10.3. The van der Waals surface area contributed by atoms with Crippen LogP contribution in [0.3, 0.4) is 0 Å². The third kappa shape index (κ3) is 2.39. The second-order valence-electron chi connectivity index (χ2n) is 4.06. The van der Waals surface area contributed by atoms with Gasteiger partial charge in [-0.15, -0.1) is 0 Å². The number of aromatic nitrogens is 1. The quantitative estimate of drug-likeness (QED) is 0.631. The number of nitriles is 1. The minimum Gasteiger partial charge on any atom is -0.302 e. The van der Waals surface area contributed by atoms with E-state index in [0.717, 1.165) is 12.3 Å². The summed E-state index contributed by atoms with van der Waals surface area (Å²) in [6.07, 6.45) is 2.48. The molecule has 2 rings (SSSR count). The molecule has 0 saturated carbocycles. The van der Waals surface area contributed by atoms with Crippen molar-refractivity contribution in [3.63, 3.8) is 0 Å². The molecule has 102 valence electrons. The van der Waals surface area contributed by atoms with Gasteiger partial charge in [-0.25, -0.2) is 8.42 Å². The van der Waals surface area contributed by atoms with Crippen LogP contribution in [-0.4, -0.2) is 24.2 Å². The van der Waals surface area contributed by atoms with E-state index in [1.807, 2.05) is 6.07 Å². The Kier molecular flexibility index (Phi) is 3.29. The molecule has 1 aromatic carbocycles. The van der Waals surface area contributed by atoms with Gasteiger partial charge < -0.3 is 4.57 Å². The van der Waals surface area contributed by atoms with Crippen LogP contribution in [0.4, 0.5) is 5.69 Å². The Morgan fingerprint density at radius 1 is 1.35 bits per heavy atom. The van der Waals surface area contributed by atoms with E-state index in [1.54, 1.807) is 6.07 Å². The minimum absolute atomic E-state index is 0.140. The maximum Gasteiger partial charge on any atom is 0.294 e. The van der Waals surface area contributed by atoms with E-state index in [4.69, 9.17) is 5.26 Å². The van der Waals surface area contributed by atoms with Crippen molar-refractivity contribution < 1.29 is 13.3 Å². The van der Waals surface area contributed by atoms with Crippen molar-refractivity contribution in [2.75, 3.05) is 6.26 Å². The third-order valence-electron chi connectivity index (χ3n) is 2.69. The molecular formula is C12H9N3O4S. The van der Waals surface area contributed by atoms with Crippen LogP contribution < -0.4 is 0 Å². The topological polar surface area (TPSA) is 106 Å². The Bertz CT molecular complexity index is 831. The van der Waals surface area contributed by atoms with Crippen LogP contribution in [0, 0.1) is 21.4 Å². The number of hydrogen-bond donors (Lipinski definition) is 0. The van der Waals surface area contributed by atoms with Gasteiger partial charge in [0.1, 0.15) is 17.5 Å².